The monoisotopic (exact) mass is 489 g/mol. The van der Waals surface area contributed by atoms with Crippen molar-refractivity contribution in [1.29, 1.82) is 0 Å². The molecule has 4 rings (SSSR count). The number of aliphatic hydroxyl groups is 1. The first-order chi connectivity index (χ1) is 17.5. The lowest BCUT2D eigenvalue weighted by Crippen LogP contribution is -2.31. The second kappa shape index (κ2) is 11.6. The summed E-state index contributed by atoms with van der Waals surface area (Å²) >= 11 is 0. The Balaban J connectivity index is 1.71. The Labute approximate surface area is 210 Å². The third-order valence-electron chi connectivity index (χ3n) is 6.00. The number of ether oxygens (including phenoxy) is 2. The Morgan fingerprint density at radius 1 is 1.03 bits per heavy atom. The lowest BCUT2D eigenvalue weighted by Gasteiger charge is -2.26. The second-order valence-corrected chi connectivity index (χ2v) is 8.52. The minimum atomic E-state index is -0.732. The van der Waals surface area contributed by atoms with Crippen LogP contribution in [0.1, 0.15) is 43.9 Å². The Morgan fingerprint density at radius 3 is 2.53 bits per heavy atom. The fourth-order valence-electron chi connectivity index (χ4n) is 4.33. The maximum absolute atomic E-state index is 13.3. The number of likely N-dealkylation sites (tertiary alicyclic amines) is 1. The molecule has 0 aliphatic carbocycles. The summed E-state index contributed by atoms with van der Waals surface area (Å²) in [6.07, 6.45) is 6.74. The van der Waals surface area contributed by atoms with Crippen molar-refractivity contribution in [2.75, 3.05) is 19.8 Å². The molecule has 1 aliphatic rings. The Hall–Kier alpha value is -4.07. The third-order valence-corrected chi connectivity index (χ3v) is 6.00. The van der Waals surface area contributed by atoms with Gasteiger partial charge in [-0.2, -0.15) is 0 Å². The lowest BCUT2D eigenvalue weighted by atomic mass is 9.95. The molecule has 0 radical (unpaired) electrons. The average Bonchev–Trinajstić information content (AvgIpc) is 3.50. The average molecular weight is 490 g/mol. The maximum Gasteiger partial charge on any atom is 0.295 e. The van der Waals surface area contributed by atoms with Crippen molar-refractivity contribution in [3.63, 3.8) is 0 Å². The number of nitrogens with zero attached hydrogens (tertiary/aromatic N) is 3. The van der Waals surface area contributed by atoms with Gasteiger partial charge in [0, 0.05) is 31.0 Å². The molecule has 3 aromatic rings. The quantitative estimate of drug-likeness (QED) is 0.241. The molecular formula is C28H31N3O5. The van der Waals surface area contributed by atoms with Gasteiger partial charge < -0.3 is 24.0 Å². The van der Waals surface area contributed by atoms with E-state index in [0.717, 1.165) is 6.42 Å². The zero-order valence-corrected chi connectivity index (χ0v) is 20.6. The fraction of sp³-hybridized carbons (Fsp3) is 0.321. The van der Waals surface area contributed by atoms with Crippen LogP contribution in [0.2, 0.25) is 0 Å². The van der Waals surface area contributed by atoms with E-state index in [1.165, 1.54) is 4.90 Å². The number of benzene rings is 2. The van der Waals surface area contributed by atoms with E-state index in [-0.39, 0.29) is 11.3 Å². The van der Waals surface area contributed by atoms with Crippen molar-refractivity contribution in [2.45, 2.75) is 39.3 Å². The molecule has 36 heavy (non-hydrogen) atoms. The number of carbonyl (C=O) groups excluding carboxylic acids is 2. The van der Waals surface area contributed by atoms with Crippen LogP contribution in [0.3, 0.4) is 0 Å². The molecule has 8 nitrogen and oxygen atoms in total. The van der Waals surface area contributed by atoms with Gasteiger partial charge in [0.1, 0.15) is 17.3 Å². The highest BCUT2D eigenvalue weighted by Gasteiger charge is 2.45. The Morgan fingerprint density at radius 2 is 1.83 bits per heavy atom. The summed E-state index contributed by atoms with van der Waals surface area (Å²) < 4.78 is 13.2. The first kappa shape index (κ1) is 25.0. The van der Waals surface area contributed by atoms with Crippen molar-refractivity contribution < 1.29 is 24.2 Å². The van der Waals surface area contributed by atoms with Crippen LogP contribution in [-0.4, -0.2) is 51.0 Å². The van der Waals surface area contributed by atoms with Crippen LogP contribution in [0.4, 0.5) is 0 Å². The zero-order valence-electron chi connectivity index (χ0n) is 20.6. The number of imidazole rings is 1. The molecule has 1 N–H and O–H groups in total. The van der Waals surface area contributed by atoms with Gasteiger partial charge in [-0.1, -0.05) is 19.1 Å². The molecule has 1 fully saturated rings. The van der Waals surface area contributed by atoms with Crippen LogP contribution in [0.15, 0.2) is 72.8 Å². The van der Waals surface area contributed by atoms with Gasteiger partial charge in [-0.05, 0) is 61.7 Å². The van der Waals surface area contributed by atoms with Crippen LogP contribution in [0.5, 0.6) is 11.5 Å². The first-order valence-electron chi connectivity index (χ1n) is 12.2. The van der Waals surface area contributed by atoms with Crippen molar-refractivity contribution >= 4 is 17.4 Å². The van der Waals surface area contributed by atoms with Gasteiger partial charge in [0.25, 0.3) is 11.7 Å². The SMILES string of the molecule is CCCOc1cccc(C2C(=C(O)c3ccc(OCC)cc3)C(=O)C(=O)N2CCCn2ccnc2)c1. The van der Waals surface area contributed by atoms with Gasteiger partial charge in [-0.25, -0.2) is 4.98 Å². The number of aryl methyl sites for hydroxylation is 1. The van der Waals surface area contributed by atoms with Gasteiger partial charge in [0.15, 0.2) is 0 Å². The van der Waals surface area contributed by atoms with E-state index < -0.39 is 17.7 Å². The van der Waals surface area contributed by atoms with Crippen molar-refractivity contribution in [3.05, 3.63) is 84.0 Å². The molecule has 0 bridgehead atoms. The summed E-state index contributed by atoms with van der Waals surface area (Å²) in [7, 11) is 0. The zero-order chi connectivity index (χ0) is 25.5. The Bertz CT molecular complexity index is 1220. The predicted molar refractivity (Wildman–Crippen MR) is 136 cm³/mol. The first-order valence-corrected chi connectivity index (χ1v) is 12.2. The summed E-state index contributed by atoms with van der Waals surface area (Å²) in [5, 5.41) is 11.3. The van der Waals surface area contributed by atoms with E-state index in [2.05, 4.69) is 4.98 Å². The highest BCUT2D eigenvalue weighted by molar-refractivity contribution is 6.46. The van der Waals surface area contributed by atoms with Crippen molar-refractivity contribution in [2.24, 2.45) is 0 Å². The summed E-state index contributed by atoms with van der Waals surface area (Å²) in [5.41, 5.74) is 1.22. The number of hydrogen-bond acceptors (Lipinski definition) is 6. The molecule has 2 aromatic carbocycles. The molecule has 1 saturated heterocycles. The molecule has 0 saturated carbocycles. The Kier molecular flexibility index (Phi) is 8.05. The largest absolute Gasteiger partial charge is 0.507 e. The highest BCUT2D eigenvalue weighted by atomic mass is 16.5. The van der Waals surface area contributed by atoms with Crippen molar-refractivity contribution in [3.8, 4) is 11.5 Å². The summed E-state index contributed by atoms with van der Waals surface area (Å²) in [4.78, 5) is 32.0. The number of amides is 1. The van der Waals surface area contributed by atoms with Gasteiger partial charge >= 0.3 is 0 Å². The van der Waals surface area contributed by atoms with Crippen LogP contribution in [-0.2, 0) is 16.1 Å². The van der Waals surface area contributed by atoms with Gasteiger partial charge in [0.05, 0.1) is 31.2 Å². The second-order valence-electron chi connectivity index (χ2n) is 8.52. The minimum Gasteiger partial charge on any atom is -0.507 e. The van der Waals surface area contributed by atoms with E-state index in [1.54, 1.807) is 36.8 Å². The predicted octanol–water partition coefficient (Wildman–Crippen LogP) is 4.58. The summed E-state index contributed by atoms with van der Waals surface area (Å²) in [6, 6.07) is 13.5. The number of aromatic nitrogens is 2. The molecule has 1 unspecified atom stereocenters. The smallest absolute Gasteiger partial charge is 0.295 e. The van der Waals surface area contributed by atoms with Crippen LogP contribution >= 0.6 is 0 Å². The normalized spacial score (nSPS) is 16.9. The van der Waals surface area contributed by atoms with Gasteiger partial charge in [-0.15, -0.1) is 0 Å². The number of Topliss-reactive ketones (excluding diaryl/α,β-unsaturated/α-hetero) is 1. The van der Waals surface area contributed by atoms with Gasteiger partial charge in [0.2, 0.25) is 0 Å². The molecule has 0 spiro atoms. The topological polar surface area (TPSA) is 93.9 Å². The summed E-state index contributed by atoms with van der Waals surface area (Å²) in [5.74, 6) is -0.226. The maximum atomic E-state index is 13.3. The molecule has 1 atom stereocenters. The lowest BCUT2D eigenvalue weighted by molar-refractivity contribution is -0.139. The molecule has 188 valence electrons. The molecule has 8 heteroatoms. The number of rotatable bonds is 11. The molecule has 1 aliphatic heterocycles. The number of ketones is 1. The highest BCUT2D eigenvalue weighted by Crippen LogP contribution is 2.40. The van der Waals surface area contributed by atoms with Crippen LogP contribution < -0.4 is 9.47 Å². The minimum absolute atomic E-state index is 0.0689. The van der Waals surface area contributed by atoms with Gasteiger partial charge in [-0.3, -0.25) is 9.59 Å². The van der Waals surface area contributed by atoms with Crippen LogP contribution in [0.25, 0.3) is 5.76 Å². The van der Waals surface area contributed by atoms with Crippen LogP contribution in [0, 0.1) is 0 Å². The van der Waals surface area contributed by atoms with E-state index in [4.69, 9.17) is 9.47 Å². The fourth-order valence-corrected chi connectivity index (χ4v) is 4.33. The number of hydrogen-bond donors (Lipinski definition) is 1. The number of carbonyl (C=O) groups is 2. The van der Waals surface area contributed by atoms with E-state index in [1.807, 2.05) is 48.9 Å². The van der Waals surface area contributed by atoms with E-state index in [9.17, 15) is 14.7 Å². The molecular weight excluding hydrogens is 458 g/mol. The third kappa shape index (κ3) is 5.43. The summed E-state index contributed by atoms with van der Waals surface area (Å²) in [6.45, 7) is 5.98. The molecule has 1 amide bonds. The molecule has 1 aromatic heterocycles. The standard InChI is InChI=1S/C28H31N3O5/c1-3-17-36-23-8-5-7-21(18-23)25-24(26(32)20-9-11-22(12-10-20)35-4-2)27(33)28(34)31(25)15-6-14-30-16-13-29-19-30/h5,7-13,16,18-19,25,32H,3-4,6,14-15,17H2,1-2H3. The number of aliphatic hydroxyl groups excluding tert-OH is 1. The van der Waals surface area contributed by atoms with E-state index in [0.29, 0.717) is 55.4 Å². The van der Waals surface area contributed by atoms with E-state index >= 15 is 0 Å². The van der Waals surface area contributed by atoms with Crippen molar-refractivity contribution in [1.82, 2.24) is 14.5 Å². The molecule has 2 heterocycles.